The van der Waals surface area contributed by atoms with Crippen molar-refractivity contribution in [2.24, 2.45) is 0 Å². The fourth-order valence-corrected chi connectivity index (χ4v) is 3.81. The number of hydrogen-bond acceptors (Lipinski definition) is 2. The second-order valence-corrected chi connectivity index (χ2v) is 6.31. The molecule has 2 atom stereocenters. The third-order valence-corrected chi connectivity index (χ3v) is 4.50. The molecule has 0 saturated carbocycles. The Morgan fingerprint density at radius 2 is 1.61 bits per heavy atom. The van der Waals surface area contributed by atoms with Gasteiger partial charge in [0.1, 0.15) is 0 Å². The van der Waals surface area contributed by atoms with Gasteiger partial charge in [-0.1, -0.05) is 35.7 Å². The van der Waals surface area contributed by atoms with E-state index >= 15 is 0 Å². The average molecular weight is 245 g/mol. The van der Waals surface area contributed by atoms with Crippen LogP contribution in [0.5, 0.6) is 0 Å². The van der Waals surface area contributed by atoms with Crippen molar-refractivity contribution < 1.29 is 5.11 Å². The third kappa shape index (κ3) is 2.19. The molecule has 1 aromatic rings. The molecular formula is C16H23NO. The molecular weight excluding hydrogens is 222 g/mol. The van der Waals surface area contributed by atoms with E-state index in [0.29, 0.717) is 12.1 Å². The Hall–Kier alpha value is -0.860. The van der Waals surface area contributed by atoms with Crippen LogP contribution in [-0.2, 0) is 5.60 Å². The summed E-state index contributed by atoms with van der Waals surface area (Å²) in [7, 11) is 0. The molecule has 2 aliphatic heterocycles. The highest BCUT2D eigenvalue weighted by atomic mass is 16.3. The lowest BCUT2D eigenvalue weighted by Crippen LogP contribution is -2.54. The molecule has 2 heterocycles. The lowest BCUT2D eigenvalue weighted by molar-refractivity contribution is -0.0359. The van der Waals surface area contributed by atoms with E-state index in [1.165, 1.54) is 30.4 Å². The van der Waals surface area contributed by atoms with Gasteiger partial charge in [-0.05, 0) is 45.1 Å². The van der Waals surface area contributed by atoms with Crippen molar-refractivity contribution in [2.75, 3.05) is 0 Å². The van der Waals surface area contributed by atoms with Gasteiger partial charge in [-0.25, -0.2) is 0 Å². The van der Waals surface area contributed by atoms with Crippen molar-refractivity contribution in [3.05, 3.63) is 34.9 Å². The van der Waals surface area contributed by atoms with Gasteiger partial charge >= 0.3 is 0 Å². The van der Waals surface area contributed by atoms with Gasteiger partial charge in [0.05, 0.1) is 5.60 Å². The Morgan fingerprint density at radius 3 is 2.17 bits per heavy atom. The lowest BCUT2D eigenvalue weighted by atomic mass is 9.73. The van der Waals surface area contributed by atoms with Crippen LogP contribution in [0.1, 0.15) is 48.8 Å². The molecule has 2 N–H and O–H groups in total. The molecule has 0 aromatic heterocycles. The minimum Gasteiger partial charge on any atom is -0.385 e. The molecule has 2 nitrogen and oxygen atoms in total. The first-order valence-electron chi connectivity index (χ1n) is 7.12. The summed E-state index contributed by atoms with van der Waals surface area (Å²) >= 11 is 0. The van der Waals surface area contributed by atoms with Gasteiger partial charge in [-0.15, -0.1) is 0 Å². The van der Waals surface area contributed by atoms with Crippen LogP contribution in [0.2, 0.25) is 0 Å². The minimum atomic E-state index is -0.613. The van der Waals surface area contributed by atoms with Crippen molar-refractivity contribution in [1.82, 2.24) is 5.32 Å². The summed E-state index contributed by atoms with van der Waals surface area (Å²) in [4.78, 5) is 0. The standard InChI is InChI=1S/C16H23NO/c1-11-6-12(2)8-13(7-11)16(18)9-14-4-3-5-15(10-16)17-14/h6-8,14-15,17-18H,3-5,9-10H2,1-2H3. The Morgan fingerprint density at radius 1 is 1.06 bits per heavy atom. The number of fused-ring (bicyclic) bond motifs is 2. The molecule has 2 fully saturated rings. The van der Waals surface area contributed by atoms with Gasteiger partial charge < -0.3 is 10.4 Å². The van der Waals surface area contributed by atoms with Crippen molar-refractivity contribution in [1.29, 1.82) is 0 Å². The molecule has 2 bridgehead atoms. The van der Waals surface area contributed by atoms with Crippen LogP contribution in [0, 0.1) is 13.8 Å². The van der Waals surface area contributed by atoms with E-state index in [4.69, 9.17) is 0 Å². The molecule has 3 rings (SSSR count). The van der Waals surface area contributed by atoms with Crippen LogP contribution >= 0.6 is 0 Å². The third-order valence-electron chi connectivity index (χ3n) is 4.50. The predicted molar refractivity (Wildman–Crippen MR) is 73.6 cm³/mol. The summed E-state index contributed by atoms with van der Waals surface area (Å²) in [6, 6.07) is 7.50. The maximum atomic E-state index is 11.1. The molecule has 2 aliphatic rings. The molecule has 2 heteroatoms. The molecule has 0 aliphatic carbocycles. The quantitative estimate of drug-likeness (QED) is 0.797. The van der Waals surface area contributed by atoms with E-state index in [2.05, 4.69) is 37.4 Å². The van der Waals surface area contributed by atoms with E-state index in [1.54, 1.807) is 0 Å². The molecule has 0 spiro atoms. The number of hydrogen-bond donors (Lipinski definition) is 2. The first kappa shape index (κ1) is 12.2. The lowest BCUT2D eigenvalue weighted by Gasteiger charge is -2.45. The Balaban J connectivity index is 1.93. The Bertz CT molecular complexity index is 422. The van der Waals surface area contributed by atoms with Gasteiger partial charge in [0.2, 0.25) is 0 Å². The molecule has 18 heavy (non-hydrogen) atoms. The smallest absolute Gasteiger partial charge is 0.0926 e. The zero-order valence-electron chi connectivity index (χ0n) is 11.4. The second-order valence-electron chi connectivity index (χ2n) is 6.31. The highest BCUT2D eigenvalue weighted by molar-refractivity contribution is 5.33. The van der Waals surface area contributed by atoms with Crippen molar-refractivity contribution in [3.63, 3.8) is 0 Å². The van der Waals surface area contributed by atoms with Crippen LogP contribution in [0.15, 0.2) is 18.2 Å². The summed E-state index contributed by atoms with van der Waals surface area (Å²) in [6.07, 6.45) is 5.47. The summed E-state index contributed by atoms with van der Waals surface area (Å²) in [5.74, 6) is 0. The SMILES string of the molecule is Cc1cc(C)cc(C2(O)CC3CCCC(C2)N3)c1. The van der Waals surface area contributed by atoms with Crippen LogP contribution in [0.3, 0.4) is 0 Å². The molecule has 0 radical (unpaired) electrons. The predicted octanol–water partition coefficient (Wildman–Crippen LogP) is 2.80. The fraction of sp³-hybridized carbons (Fsp3) is 0.625. The number of aryl methyl sites for hydroxylation is 2. The Labute approximate surface area is 109 Å². The second kappa shape index (κ2) is 4.36. The average Bonchev–Trinajstić information content (AvgIpc) is 2.26. The van der Waals surface area contributed by atoms with E-state index in [0.717, 1.165) is 18.4 Å². The number of benzene rings is 1. The van der Waals surface area contributed by atoms with Crippen LogP contribution < -0.4 is 5.32 Å². The molecule has 98 valence electrons. The van der Waals surface area contributed by atoms with Gasteiger partial charge in [-0.3, -0.25) is 0 Å². The van der Waals surface area contributed by atoms with Crippen molar-refractivity contribution in [2.45, 2.75) is 63.6 Å². The summed E-state index contributed by atoms with van der Waals surface area (Å²) in [6.45, 7) is 4.23. The number of aliphatic hydroxyl groups is 1. The van der Waals surface area contributed by atoms with Crippen LogP contribution in [0.4, 0.5) is 0 Å². The zero-order valence-corrected chi connectivity index (χ0v) is 11.4. The minimum absolute atomic E-state index is 0.503. The van der Waals surface area contributed by atoms with Gasteiger partial charge in [0, 0.05) is 12.1 Å². The van der Waals surface area contributed by atoms with E-state index in [-0.39, 0.29) is 0 Å². The van der Waals surface area contributed by atoms with E-state index < -0.39 is 5.60 Å². The highest BCUT2D eigenvalue weighted by Gasteiger charge is 2.41. The van der Waals surface area contributed by atoms with Crippen LogP contribution in [-0.4, -0.2) is 17.2 Å². The van der Waals surface area contributed by atoms with Gasteiger partial charge in [-0.2, -0.15) is 0 Å². The van der Waals surface area contributed by atoms with Crippen LogP contribution in [0.25, 0.3) is 0 Å². The maximum Gasteiger partial charge on any atom is 0.0926 e. The number of piperidine rings is 2. The molecule has 1 aromatic carbocycles. The number of nitrogens with one attached hydrogen (secondary N) is 1. The molecule has 0 amide bonds. The van der Waals surface area contributed by atoms with Crippen molar-refractivity contribution in [3.8, 4) is 0 Å². The Kier molecular flexibility index (Phi) is 2.95. The topological polar surface area (TPSA) is 32.3 Å². The summed E-state index contributed by atoms with van der Waals surface area (Å²) in [5, 5.41) is 14.7. The summed E-state index contributed by atoms with van der Waals surface area (Å²) < 4.78 is 0. The first-order chi connectivity index (χ1) is 8.55. The fourth-order valence-electron chi connectivity index (χ4n) is 3.81. The monoisotopic (exact) mass is 245 g/mol. The largest absolute Gasteiger partial charge is 0.385 e. The molecule has 2 unspecified atom stereocenters. The summed E-state index contributed by atoms with van der Waals surface area (Å²) in [5.41, 5.74) is 3.01. The number of rotatable bonds is 1. The van der Waals surface area contributed by atoms with E-state index in [1.807, 2.05) is 0 Å². The maximum absolute atomic E-state index is 11.1. The zero-order chi connectivity index (χ0) is 12.8. The first-order valence-corrected chi connectivity index (χ1v) is 7.12. The normalized spacial score (nSPS) is 35.5. The molecule has 2 saturated heterocycles. The highest BCUT2D eigenvalue weighted by Crippen LogP contribution is 2.40. The van der Waals surface area contributed by atoms with Gasteiger partial charge in [0.15, 0.2) is 0 Å². The van der Waals surface area contributed by atoms with E-state index in [9.17, 15) is 5.11 Å². The van der Waals surface area contributed by atoms with Gasteiger partial charge in [0.25, 0.3) is 0 Å². The van der Waals surface area contributed by atoms with Crippen molar-refractivity contribution >= 4 is 0 Å².